The Morgan fingerprint density at radius 3 is 2.53 bits per heavy atom. The first-order chi connectivity index (χ1) is 9.19. The van der Waals surface area contributed by atoms with E-state index in [9.17, 15) is 0 Å². The molecular formula is C17H18BrCl. The Kier molecular flexibility index (Phi) is 5.47. The van der Waals surface area contributed by atoms with Crippen molar-refractivity contribution in [1.29, 1.82) is 0 Å². The van der Waals surface area contributed by atoms with Crippen LogP contribution in [-0.2, 0) is 12.8 Å². The quantitative estimate of drug-likeness (QED) is 0.637. The molecule has 0 nitrogen and oxygen atoms in total. The molecule has 0 fully saturated rings. The molecule has 0 aliphatic carbocycles. The van der Waals surface area contributed by atoms with Crippen LogP contribution in [0.1, 0.15) is 16.7 Å². The first-order valence-electron chi connectivity index (χ1n) is 6.54. The largest absolute Gasteiger partial charge is 0.0925 e. The van der Waals surface area contributed by atoms with Gasteiger partial charge in [-0.3, -0.25) is 0 Å². The highest BCUT2D eigenvalue weighted by Gasteiger charge is 2.11. The third kappa shape index (κ3) is 4.36. The molecule has 2 aromatic carbocycles. The molecule has 0 heterocycles. The highest BCUT2D eigenvalue weighted by Crippen LogP contribution is 2.22. The van der Waals surface area contributed by atoms with Crippen molar-refractivity contribution < 1.29 is 0 Å². The van der Waals surface area contributed by atoms with Gasteiger partial charge in [0.2, 0.25) is 0 Å². The van der Waals surface area contributed by atoms with Crippen LogP contribution in [0, 0.1) is 12.8 Å². The van der Waals surface area contributed by atoms with Crippen LogP contribution in [0.4, 0.5) is 0 Å². The van der Waals surface area contributed by atoms with E-state index >= 15 is 0 Å². The van der Waals surface area contributed by atoms with E-state index < -0.39 is 0 Å². The fourth-order valence-corrected chi connectivity index (χ4v) is 3.00. The summed E-state index contributed by atoms with van der Waals surface area (Å²) in [6, 6.07) is 16.9. The average molecular weight is 338 g/mol. The minimum absolute atomic E-state index is 0.571. The second-order valence-corrected chi connectivity index (χ2v) is 6.06. The Labute approximate surface area is 128 Å². The molecule has 0 N–H and O–H groups in total. The smallest absolute Gasteiger partial charge is 0.0438 e. The number of halogens is 2. The molecule has 0 aliphatic rings. The van der Waals surface area contributed by atoms with Gasteiger partial charge in [-0.2, -0.15) is 0 Å². The molecule has 0 aromatic heterocycles. The van der Waals surface area contributed by atoms with Gasteiger partial charge in [0.1, 0.15) is 0 Å². The lowest BCUT2D eigenvalue weighted by Gasteiger charge is -2.15. The zero-order chi connectivity index (χ0) is 13.7. The summed E-state index contributed by atoms with van der Waals surface area (Å²) in [6.45, 7) is 2.14. The second-order valence-electron chi connectivity index (χ2n) is 5.01. The van der Waals surface area contributed by atoms with E-state index in [0.717, 1.165) is 23.2 Å². The second kappa shape index (κ2) is 7.12. The summed E-state index contributed by atoms with van der Waals surface area (Å²) in [7, 11) is 0. The van der Waals surface area contributed by atoms with Gasteiger partial charge >= 0.3 is 0 Å². The average Bonchev–Trinajstić information content (AvgIpc) is 2.40. The molecule has 100 valence electrons. The van der Waals surface area contributed by atoms with E-state index in [4.69, 9.17) is 11.6 Å². The maximum absolute atomic E-state index is 6.24. The van der Waals surface area contributed by atoms with Gasteiger partial charge in [-0.05, 0) is 42.9 Å². The zero-order valence-electron chi connectivity index (χ0n) is 11.1. The number of aryl methyl sites for hydroxylation is 1. The van der Waals surface area contributed by atoms with Crippen molar-refractivity contribution in [3.63, 3.8) is 0 Å². The van der Waals surface area contributed by atoms with E-state index in [2.05, 4.69) is 59.3 Å². The number of hydrogen-bond donors (Lipinski definition) is 0. The summed E-state index contributed by atoms with van der Waals surface area (Å²) in [4.78, 5) is 0. The summed E-state index contributed by atoms with van der Waals surface area (Å²) in [6.07, 6.45) is 2.09. The predicted molar refractivity (Wildman–Crippen MR) is 87.3 cm³/mol. The van der Waals surface area contributed by atoms with Crippen LogP contribution in [-0.4, -0.2) is 5.33 Å². The maximum Gasteiger partial charge on any atom is 0.0438 e. The molecule has 0 radical (unpaired) electrons. The Hall–Kier alpha value is -0.790. The van der Waals surface area contributed by atoms with Gasteiger partial charge in [0.15, 0.2) is 0 Å². The highest BCUT2D eigenvalue weighted by atomic mass is 79.9. The standard InChI is InChI=1S/C17H18BrCl/c1-13-5-4-6-14(9-13)10-15(12-18)11-16-7-2-3-8-17(16)19/h2-9,15H,10-12H2,1H3. The third-order valence-electron chi connectivity index (χ3n) is 3.29. The lowest BCUT2D eigenvalue weighted by molar-refractivity contribution is 0.591. The Morgan fingerprint density at radius 2 is 1.84 bits per heavy atom. The van der Waals surface area contributed by atoms with Gasteiger partial charge < -0.3 is 0 Å². The van der Waals surface area contributed by atoms with Crippen LogP contribution in [0.3, 0.4) is 0 Å². The van der Waals surface area contributed by atoms with Crippen molar-refractivity contribution in [2.45, 2.75) is 19.8 Å². The first-order valence-corrected chi connectivity index (χ1v) is 8.04. The van der Waals surface area contributed by atoms with Gasteiger partial charge in [-0.15, -0.1) is 0 Å². The Bertz CT molecular complexity index is 536. The summed E-state index contributed by atoms with van der Waals surface area (Å²) >= 11 is 9.87. The number of hydrogen-bond acceptors (Lipinski definition) is 0. The fraction of sp³-hybridized carbons (Fsp3) is 0.294. The van der Waals surface area contributed by atoms with Crippen molar-refractivity contribution in [2.24, 2.45) is 5.92 Å². The van der Waals surface area contributed by atoms with E-state index in [1.165, 1.54) is 16.7 Å². The molecule has 0 amide bonds. The summed E-state index contributed by atoms with van der Waals surface area (Å²) in [5.74, 6) is 0.571. The van der Waals surface area contributed by atoms with Crippen molar-refractivity contribution in [1.82, 2.24) is 0 Å². The molecule has 1 unspecified atom stereocenters. The molecule has 0 saturated heterocycles. The summed E-state index contributed by atoms with van der Waals surface area (Å²) < 4.78 is 0. The molecule has 0 spiro atoms. The molecule has 2 aromatic rings. The fourth-order valence-electron chi connectivity index (χ4n) is 2.33. The lowest BCUT2D eigenvalue weighted by atomic mass is 9.93. The van der Waals surface area contributed by atoms with Crippen LogP contribution in [0.2, 0.25) is 5.02 Å². The third-order valence-corrected chi connectivity index (χ3v) is 4.58. The van der Waals surface area contributed by atoms with Gasteiger partial charge in [0, 0.05) is 10.4 Å². The van der Waals surface area contributed by atoms with Crippen molar-refractivity contribution in [3.05, 3.63) is 70.2 Å². The predicted octanol–water partition coefficient (Wildman–Crippen LogP) is 5.44. The topological polar surface area (TPSA) is 0 Å². The van der Waals surface area contributed by atoms with E-state index in [1.54, 1.807) is 0 Å². The van der Waals surface area contributed by atoms with Crippen LogP contribution < -0.4 is 0 Å². The van der Waals surface area contributed by atoms with Gasteiger partial charge in [0.25, 0.3) is 0 Å². The minimum atomic E-state index is 0.571. The molecule has 2 heteroatoms. The SMILES string of the molecule is Cc1cccc(CC(CBr)Cc2ccccc2Cl)c1. The van der Waals surface area contributed by atoms with Crippen LogP contribution in [0.25, 0.3) is 0 Å². The molecular weight excluding hydrogens is 320 g/mol. The van der Waals surface area contributed by atoms with E-state index in [1.807, 2.05) is 12.1 Å². The van der Waals surface area contributed by atoms with Crippen LogP contribution in [0.5, 0.6) is 0 Å². The van der Waals surface area contributed by atoms with Crippen molar-refractivity contribution >= 4 is 27.5 Å². The first kappa shape index (κ1) is 14.6. The van der Waals surface area contributed by atoms with Crippen molar-refractivity contribution in [3.8, 4) is 0 Å². The molecule has 0 saturated carbocycles. The molecule has 0 aliphatic heterocycles. The molecule has 0 bridgehead atoms. The number of alkyl halides is 1. The highest BCUT2D eigenvalue weighted by molar-refractivity contribution is 9.09. The van der Waals surface area contributed by atoms with Gasteiger partial charge in [-0.25, -0.2) is 0 Å². The summed E-state index contributed by atoms with van der Waals surface area (Å²) in [5, 5.41) is 1.87. The lowest BCUT2D eigenvalue weighted by Crippen LogP contribution is -2.10. The van der Waals surface area contributed by atoms with E-state index in [-0.39, 0.29) is 0 Å². The molecule has 19 heavy (non-hydrogen) atoms. The van der Waals surface area contributed by atoms with Crippen LogP contribution >= 0.6 is 27.5 Å². The van der Waals surface area contributed by atoms with E-state index in [0.29, 0.717) is 5.92 Å². The Balaban J connectivity index is 2.07. The normalized spacial score (nSPS) is 12.4. The van der Waals surface area contributed by atoms with Crippen LogP contribution in [0.15, 0.2) is 48.5 Å². The summed E-state index contributed by atoms with van der Waals surface area (Å²) in [5.41, 5.74) is 3.96. The monoisotopic (exact) mass is 336 g/mol. The number of rotatable bonds is 5. The molecule has 2 rings (SSSR count). The maximum atomic E-state index is 6.24. The van der Waals surface area contributed by atoms with Crippen molar-refractivity contribution in [2.75, 3.05) is 5.33 Å². The minimum Gasteiger partial charge on any atom is -0.0925 e. The molecule has 1 atom stereocenters. The Morgan fingerprint density at radius 1 is 1.05 bits per heavy atom. The van der Waals surface area contributed by atoms with Gasteiger partial charge in [0.05, 0.1) is 0 Å². The van der Waals surface area contributed by atoms with Gasteiger partial charge in [-0.1, -0.05) is 75.6 Å². The number of benzene rings is 2. The zero-order valence-corrected chi connectivity index (χ0v) is 13.4.